The van der Waals surface area contributed by atoms with Gasteiger partial charge in [0.2, 0.25) is 0 Å². The van der Waals surface area contributed by atoms with E-state index in [0.717, 1.165) is 0 Å². The molecule has 0 aliphatic heterocycles. The Morgan fingerprint density at radius 2 is 2.12 bits per heavy atom. The molecule has 5 nitrogen and oxygen atoms in total. The quantitative estimate of drug-likeness (QED) is 0.891. The van der Waals surface area contributed by atoms with Gasteiger partial charge < -0.3 is 10.0 Å². The van der Waals surface area contributed by atoms with Crippen LogP contribution in [0, 0.1) is 6.92 Å². The number of amides is 1. The minimum Gasteiger partial charge on any atom is -0.480 e. The van der Waals surface area contributed by atoms with Crippen molar-refractivity contribution in [3.8, 4) is 0 Å². The zero-order chi connectivity index (χ0) is 13.2. The summed E-state index contributed by atoms with van der Waals surface area (Å²) in [6.07, 6.45) is 0. The van der Waals surface area contributed by atoms with E-state index in [2.05, 4.69) is 4.98 Å². The number of aryl methyl sites for hydroxylation is 1. The number of nitrogens with zero attached hydrogens (tertiary/aromatic N) is 2. The van der Waals surface area contributed by atoms with Crippen LogP contribution in [0.1, 0.15) is 36.1 Å². The molecular weight excluding hydrogens is 240 g/mol. The molecule has 94 valence electrons. The third-order valence-corrected chi connectivity index (χ3v) is 3.62. The van der Waals surface area contributed by atoms with Crippen LogP contribution in [0.15, 0.2) is 5.51 Å². The second kappa shape index (κ2) is 4.83. The van der Waals surface area contributed by atoms with Gasteiger partial charge in [-0.2, -0.15) is 0 Å². The molecule has 0 aliphatic carbocycles. The van der Waals surface area contributed by atoms with Gasteiger partial charge in [-0.25, -0.2) is 9.78 Å². The van der Waals surface area contributed by atoms with E-state index >= 15 is 0 Å². The van der Waals surface area contributed by atoms with Crippen LogP contribution in [-0.4, -0.2) is 39.0 Å². The number of carboxylic acids is 1. The number of aliphatic carboxylic acids is 1. The van der Waals surface area contributed by atoms with Crippen molar-refractivity contribution in [1.82, 2.24) is 9.88 Å². The molecule has 0 aromatic carbocycles. The van der Waals surface area contributed by atoms with E-state index in [1.807, 2.05) is 0 Å². The second-order valence-electron chi connectivity index (χ2n) is 4.18. The van der Waals surface area contributed by atoms with Crippen molar-refractivity contribution in [1.29, 1.82) is 0 Å². The van der Waals surface area contributed by atoms with Crippen LogP contribution in [0.25, 0.3) is 0 Å². The molecule has 0 fully saturated rings. The Bertz CT molecular complexity index is 440. The first kappa shape index (κ1) is 13.6. The highest BCUT2D eigenvalue weighted by atomic mass is 32.1. The van der Waals surface area contributed by atoms with E-state index in [-0.39, 0.29) is 5.91 Å². The summed E-state index contributed by atoms with van der Waals surface area (Å²) >= 11 is 1.23. The Balaban J connectivity index is 3.09. The van der Waals surface area contributed by atoms with E-state index in [0.29, 0.717) is 17.1 Å². The van der Waals surface area contributed by atoms with Crippen LogP contribution < -0.4 is 0 Å². The van der Waals surface area contributed by atoms with Crippen LogP contribution in [0.4, 0.5) is 0 Å². The highest BCUT2D eigenvalue weighted by Gasteiger charge is 2.38. The Morgan fingerprint density at radius 3 is 2.47 bits per heavy atom. The molecule has 0 aliphatic rings. The molecule has 6 heteroatoms. The summed E-state index contributed by atoms with van der Waals surface area (Å²) in [6.45, 7) is 6.89. The first-order valence-electron chi connectivity index (χ1n) is 5.27. The molecule has 0 spiro atoms. The lowest BCUT2D eigenvalue weighted by Crippen LogP contribution is -2.52. The number of aromatic nitrogens is 1. The topological polar surface area (TPSA) is 70.5 Å². The predicted octanol–water partition coefficient (Wildman–Crippen LogP) is 1.78. The first-order chi connectivity index (χ1) is 7.82. The van der Waals surface area contributed by atoms with E-state index in [1.165, 1.54) is 30.1 Å². The van der Waals surface area contributed by atoms with E-state index in [4.69, 9.17) is 5.11 Å². The fourth-order valence-corrected chi connectivity index (χ4v) is 2.29. The van der Waals surface area contributed by atoms with Gasteiger partial charge in [-0.05, 0) is 27.7 Å². The van der Waals surface area contributed by atoms with Crippen molar-refractivity contribution in [2.75, 3.05) is 6.54 Å². The minimum absolute atomic E-state index is 0.278. The van der Waals surface area contributed by atoms with Crippen LogP contribution in [-0.2, 0) is 4.79 Å². The number of rotatable bonds is 4. The first-order valence-corrected chi connectivity index (χ1v) is 6.15. The fraction of sp³-hybridized carbons (Fsp3) is 0.545. The van der Waals surface area contributed by atoms with Crippen molar-refractivity contribution < 1.29 is 14.7 Å². The molecule has 1 aromatic rings. The molecule has 1 N–H and O–H groups in total. The average Bonchev–Trinajstić information content (AvgIpc) is 2.64. The van der Waals surface area contributed by atoms with Gasteiger partial charge in [0.25, 0.3) is 5.91 Å². The number of hydrogen-bond acceptors (Lipinski definition) is 4. The summed E-state index contributed by atoms with van der Waals surface area (Å²) in [5.41, 5.74) is 1.01. The molecule has 1 aromatic heterocycles. The van der Waals surface area contributed by atoms with Gasteiger partial charge in [-0.15, -0.1) is 11.3 Å². The zero-order valence-electron chi connectivity index (χ0n) is 10.4. The normalized spacial score (nSPS) is 11.3. The molecular formula is C11H16N2O3S. The summed E-state index contributed by atoms with van der Waals surface area (Å²) in [5, 5.41) is 9.15. The third kappa shape index (κ3) is 2.46. The number of carbonyl (C=O) groups excluding carboxylic acids is 1. The summed E-state index contributed by atoms with van der Waals surface area (Å²) in [5.74, 6) is -1.30. The molecule has 1 heterocycles. The maximum atomic E-state index is 12.2. The molecule has 1 rings (SSSR count). The molecule has 0 saturated carbocycles. The minimum atomic E-state index is -1.22. The Morgan fingerprint density at radius 1 is 1.53 bits per heavy atom. The van der Waals surface area contributed by atoms with Gasteiger partial charge in [0, 0.05) is 6.54 Å². The van der Waals surface area contributed by atoms with Crippen LogP contribution in [0.3, 0.4) is 0 Å². The molecule has 1 amide bonds. The van der Waals surface area contributed by atoms with E-state index in [1.54, 1.807) is 19.4 Å². The van der Waals surface area contributed by atoms with Gasteiger partial charge in [0.15, 0.2) is 0 Å². The maximum Gasteiger partial charge on any atom is 0.329 e. The highest BCUT2D eigenvalue weighted by Crippen LogP contribution is 2.21. The Labute approximate surface area is 104 Å². The van der Waals surface area contributed by atoms with Crippen LogP contribution in [0.2, 0.25) is 0 Å². The van der Waals surface area contributed by atoms with Crippen molar-refractivity contribution >= 4 is 23.2 Å². The monoisotopic (exact) mass is 256 g/mol. The molecule has 0 atom stereocenters. The number of hydrogen-bond donors (Lipinski definition) is 1. The zero-order valence-corrected chi connectivity index (χ0v) is 11.2. The van der Waals surface area contributed by atoms with E-state index in [9.17, 15) is 9.59 Å². The summed E-state index contributed by atoms with van der Waals surface area (Å²) < 4.78 is 0. The van der Waals surface area contributed by atoms with Crippen molar-refractivity contribution in [3.63, 3.8) is 0 Å². The van der Waals surface area contributed by atoms with Crippen LogP contribution in [0.5, 0.6) is 0 Å². The smallest absolute Gasteiger partial charge is 0.329 e. The van der Waals surface area contributed by atoms with Gasteiger partial charge in [0.1, 0.15) is 10.4 Å². The Hall–Kier alpha value is -1.43. The Kier molecular flexibility index (Phi) is 3.87. The lowest BCUT2D eigenvalue weighted by Gasteiger charge is -2.33. The van der Waals surface area contributed by atoms with Crippen molar-refractivity contribution in [2.45, 2.75) is 33.2 Å². The van der Waals surface area contributed by atoms with Gasteiger partial charge in [-0.3, -0.25) is 4.79 Å². The third-order valence-electron chi connectivity index (χ3n) is 2.70. The lowest BCUT2D eigenvalue weighted by molar-refractivity contribution is -0.147. The molecule has 17 heavy (non-hydrogen) atoms. The van der Waals surface area contributed by atoms with Crippen molar-refractivity contribution in [2.24, 2.45) is 0 Å². The summed E-state index contributed by atoms with van der Waals surface area (Å²) in [4.78, 5) is 29.3. The molecule has 0 unspecified atom stereocenters. The number of thiazole rings is 1. The predicted molar refractivity (Wildman–Crippen MR) is 65.3 cm³/mol. The van der Waals surface area contributed by atoms with Gasteiger partial charge >= 0.3 is 5.97 Å². The molecule has 0 saturated heterocycles. The highest BCUT2D eigenvalue weighted by molar-refractivity contribution is 7.11. The molecule has 0 bridgehead atoms. The largest absolute Gasteiger partial charge is 0.480 e. The maximum absolute atomic E-state index is 12.2. The summed E-state index contributed by atoms with van der Waals surface area (Å²) in [7, 11) is 0. The number of likely N-dealkylation sites (N-methyl/N-ethyl adjacent to an activating group) is 1. The lowest BCUT2D eigenvalue weighted by atomic mass is 10.0. The standard InChI is InChI=1S/C11H16N2O3S/c1-5-13(11(3,4)10(15)16)9(14)8-7(2)12-6-17-8/h6H,5H2,1-4H3,(H,15,16). The molecule has 0 radical (unpaired) electrons. The SMILES string of the molecule is CCN(C(=O)c1scnc1C)C(C)(C)C(=O)O. The van der Waals surface area contributed by atoms with Crippen molar-refractivity contribution in [3.05, 3.63) is 16.1 Å². The van der Waals surface area contributed by atoms with E-state index < -0.39 is 11.5 Å². The van der Waals surface area contributed by atoms with Gasteiger partial charge in [-0.1, -0.05) is 0 Å². The number of carbonyl (C=O) groups is 2. The number of carboxylic acid groups (broad SMARTS) is 1. The average molecular weight is 256 g/mol. The summed E-state index contributed by atoms with van der Waals surface area (Å²) in [6, 6.07) is 0. The second-order valence-corrected chi connectivity index (χ2v) is 5.04. The fourth-order valence-electron chi connectivity index (χ4n) is 1.54. The van der Waals surface area contributed by atoms with Gasteiger partial charge in [0.05, 0.1) is 11.2 Å². The van der Waals surface area contributed by atoms with Crippen LogP contribution >= 0.6 is 11.3 Å².